The highest BCUT2D eigenvalue weighted by Crippen LogP contribution is 2.27. The van der Waals surface area contributed by atoms with Crippen LogP contribution in [0.1, 0.15) is 28.8 Å². The van der Waals surface area contributed by atoms with Gasteiger partial charge in [0.05, 0.1) is 11.9 Å². The van der Waals surface area contributed by atoms with E-state index in [0.717, 1.165) is 22.3 Å². The average Bonchev–Trinajstić information content (AvgIpc) is 2.92. The SMILES string of the molecule is CNCc1cnn2c(C(F)F)cc(-c3ccc(C)c(C)c3)nc12. The monoisotopic (exact) mass is 316 g/mol. The molecule has 0 radical (unpaired) electrons. The van der Waals surface area contributed by atoms with Gasteiger partial charge in [0.2, 0.25) is 0 Å². The Hall–Kier alpha value is -2.34. The molecule has 0 bridgehead atoms. The number of aryl methyl sites for hydroxylation is 2. The molecule has 0 unspecified atom stereocenters. The van der Waals surface area contributed by atoms with Crippen molar-refractivity contribution < 1.29 is 8.78 Å². The predicted octanol–water partition coefficient (Wildman–Crippen LogP) is 3.67. The number of rotatable bonds is 4. The van der Waals surface area contributed by atoms with E-state index in [1.165, 1.54) is 10.6 Å². The third-order valence-corrected chi connectivity index (χ3v) is 3.97. The number of nitrogens with zero attached hydrogens (tertiary/aromatic N) is 3. The van der Waals surface area contributed by atoms with E-state index in [4.69, 9.17) is 0 Å². The molecule has 1 N–H and O–H groups in total. The van der Waals surface area contributed by atoms with Crippen LogP contribution in [0, 0.1) is 13.8 Å². The summed E-state index contributed by atoms with van der Waals surface area (Å²) in [7, 11) is 1.80. The number of alkyl halides is 2. The van der Waals surface area contributed by atoms with Gasteiger partial charge in [0.25, 0.3) is 6.43 Å². The Morgan fingerprint density at radius 3 is 2.61 bits per heavy atom. The van der Waals surface area contributed by atoms with Gasteiger partial charge in [0.15, 0.2) is 5.65 Å². The number of benzene rings is 1. The fourth-order valence-electron chi connectivity index (χ4n) is 2.55. The van der Waals surface area contributed by atoms with E-state index >= 15 is 0 Å². The maximum atomic E-state index is 13.4. The van der Waals surface area contributed by atoms with Crippen molar-refractivity contribution in [2.75, 3.05) is 7.05 Å². The Morgan fingerprint density at radius 1 is 1.17 bits per heavy atom. The summed E-state index contributed by atoms with van der Waals surface area (Å²) in [5.41, 5.74) is 4.73. The Bertz CT molecular complexity index is 855. The van der Waals surface area contributed by atoms with E-state index in [1.54, 1.807) is 13.2 Å². The van der Waals surface area contributed by atoms with Gasteiger partial charge in [0, 0.05) is 17.7 Å². The van der Waals surface area contributed by atoms with Crippen molar-refractivity contribution >= 4 is 5.65 Å². The van der Waals surface area contributed by atoms with E-state index < -0.39 is 6.43 Å². The molecule has 0 aliphatic heterocycles. The number of hydrogen-bond acceptors (Lipinski definition) is 3. The lowest BCUT2D eigenvalue weighted by Crippen LogP contribution is -2.07. The molecular weight excluding hydrogens is 298 g/mol. The Morgan fingerprint density at radius 2 is 1.96 bits per heavy atom. The molecular formula is C17H18F2N4. The van der Waals surface area contributed by atoms with Gasteiger partial charge < -0.3 is 5.32 Å². The lowest BCUT2D eigenvalue weighted by molar-refractivity contribution is 0.143. The molecule has 2 heterocycles. The van der Waals surface area contributed by atoms with Crippen LogP contribution >= 0.6 is 0 Å². The summed E-state index contributed by atoms with van der Waals surface area (Å²) < 4.78 is 28.1. The highest BCUT2D eigenvalue weighted by molar-refractivity contribution is 5.65. The summed E-state index contributed by atoms with van der Waals surface area (Å²) in [5.74, 6) is 0. The number of nitrogens with one attached hydrogen (secondary N) is 1. The topological polar surface area (TPSA) is 42.2 Å². The summed E-state index contributed by atoms with van der Waals surface area (Å²) in [4.78, 5) is 4.56. The predicted molar refractivity (Wildman–Crippen MR) is 85.6 cm³/mol. The molecule has 0 saturated heterocycles. The molecule has 0 amide bonds. The van der Waals surface area contributed by atoms with E-state index in [1.807, 2.05) is 32.0 Å². The van der Waals surface area contributed by atoms with Crippen LogP contribution in [0.25, 0.3) is 16.9 Å². The second-order valence-electron chi connectivity index (χ2n) is 5.60. The van der Waals surface area contributed by atoms with Gasteiger partial charge in [0.1, 0.15) is 5.69 Å². The van der Waals surface area contributed by atoms with Crippen molar-refractivity contribution in [3.8, 4) is 11.3 Å². The molecule has 0 aliphatic rings. The van der Waals surface area contributed by atoms with Crippen molar-refractivity contribution in [2.45, 2.75) is 26.8 Å². The molecule has 2 aromatic heterocycles. The van der Waals surface area contributed by atoms with E-state index in [0.29, 0.717) is 17.9 Å². The summed E-state index contributed by atoms with van der Waals surface area (Å²) >= 11 is 0. The lowest BCUT2D eigenvalue weighted by atomic mass is 10.0. The first kappa shape index (κ1) is 15.6. The second-order valence-corrected chi connectivity index (χ2v) is 5.60. The zero-order valence-corrected chi connectivity index (χ0v) is 13.3. The first-order chi connectivity index (χ1) is 11.0. The molecule has 4 nitrogen and oxygen atoms in total. The van der Waals surface area contributed by atoms with Crippen molar-refractivity contribution in [3.05, 3.63) is 52.8 Å². The van der Waals surface area contributed by atoms with Gasteiger partial charge >= 0.3 is 0 Å². The Labute approximate surface area is 133 Å². The third-order valence-electron chi connectivity index (χ3n) is 3.97. The minimum atomic E-state index is -2.62. The van der Waals surface area contributed by atoms with Gasteiger partial charge in [-0.05, 0) is 44.2 Å². The van der Waals surface area contributed by atoms with Gasteiger partial charge in [-0.3, -0.25) is 0 Å². The molecule has 3 aromatic rings. The van der Waals surface area contributed by atoms with Crippen LogP contribution in [0.5, 0.6) is 0 Å². The van der Waals surface area contributed by atoms with Crippen molar-refractivity contribution in [3.63, 3.8) is 0 Å². The first-order valence-corrected chi connectivity index (χ1v) is 7.39. The van der Waals surface area contributed by atoms with Crippen LogP contribution in [0.3, 0.4) is 0 Å². The molecule has 1 aromatic carbocycles. The Balaban J connectivity index is 2.23. The fraction of sp³-hybridized carbons (Fsp3) is 0.294. The zero-order chi connectivity index (χ0) is 16.6. The molecule has 120 valence electrons. The third kappa shape index (κ3) is 2.82. The summed E-state index contributed by atoms with van der Waals surface area (Å²) in [6, 6.07) is 7.27. The van der Waals surface area contributed by atoms with Crippen molar-refractivity contribution in [2.24, 2.45) is 0 Å². The van der Waals surface area contributed by atoms with E-state index in [9.17, 15) is 8.78 Å². The van der Waals surface area contributed by atoms with Gasteiger partial charge in [-0.2, -0.15) is 5.10 Å². The summed E-state index contributed by atoms with van der Waals surface area (Å²) in [6.07, 6.45) is -1.04. The van der Waals surface area contributed by atoms with E-state index in [2.05, 4.69) is 15.4 Å². The van der Waals surface area contributed by atoms with Crippen molar-refractivity contribution in [1.29, 1.82) is 0 Å². The molecule has 23 heavy (non-hydrogen) atoms. The standard InChI is InChI=1S/C17H18F2N4/c1-10-4-5-12(6-11(10)2)14-7-15(16(18)19)23-17(22-14)13(8-20-3)9-21-23/h4-7,9,16,20H,8H2,1-3H3. The Kier molecular flexibility index (Phi) is 4.09. The normalized spacial score (nSPS) is 11.6. The maximum Gasteiger partial charge on any atom is 0.280 e. The van der Waals surface area contributed by atoms with Gasteiger partial charge in [-0.1, -0.05) is 12.1 Å². The second kappa shape index (κ2) is 6.04. The van der Waals surface area contributed by atoms with Gasteiger partial charge in [-0.25, -0.2) is 18.3 Å². The van der Waals surface area contributed by atoms with Crippen LogP contribution in [0.15, 0.2) is 30.5 Å². The molecule has 0 saturated carbocycles. The molecule has 3 rings (SSSR count). The van der Waals surface area contributed by atoms with Crippen LogP contribution in [0.4, 0.5) is 8.78 Å². The minimum absolute atomic E-state index is 0.148. The van der Waals surface area contributed by atoms with Crippen molar-refractivity contribution in [1.82, 2.24) is 19.9 Å². The molecule has 6 heteroatoms. The minimum Gasteiger partial charge on any atom is -0.315 e. The molecule has 0 fully saturated rings. The maximum absolute atomic E-state index is 13.4. The smallest absolute Gasteiger partial charge is 0.280 e. The zero-order valence-electron chi connectivity index (χ0n) is 13.3. The van der Waals surface area contributed by atoms with Crippen LogP contribution < -0.4 is 5.32 Å². The van der Waals surface area contributed by atoms with Crippen LogP contribution in [-0.4, -0.2) is 21.6 Å². The quantitative estimate of drug-likeness (QED) is 0.798. The fourth-order valence-corrected chi connectivity index (χ4v) is 2.55. The highest BCUT2D eigenvalue weighted by Gasteiger charge is 2.18. The molecule has 0 aliphatic carbocycles. The first-order valence-electron chi connectivity index (χ1n) is 7.39. The lowest BCUT2D eigenvalue weighted by Gasteiger charge is -2.10. The number of fused-ring (bicyclic) bond motifs is 1. The number of hydrogen-bond donors (Lipinski definition) is 1. The van der Waals surface area contributed by atoms with Gasteiger partial charge in [-0.15, -0.1) is 0 Å². The average molecular weight is 316 g/mol. The summed E-state index contributed by atoms with van der Waals surface area (Å²) in [6.45, 7) is 4.54. The largest absolute Gasteiger partial charge is 0.315 e. The highest BCUT2D eigenvalue weighted by atomic mass is 19.3. The molecule has 0 spiro atoms. The number of aromatic nitrogens is 3. The molecule has 0 atom stereocenters. The summed E-state index contributed by atoms with van der Waals surface area (Å²) in [5, 5.41) is 7.07. The van der Waals surface area contributed by atoms with Crippen LogP contribution in [-0.2, 0) is 6.54 Å². The van der Waals surface area contributed by atoms with E-state index in [-0.39, 0.29) is 5.69 Å². The number of halogens is 2. The van der Waals surface area contributed by atoms with Crippen LogP contribution in [0.2, 0.25) is 0 Å².